The van der Waals surface area contributed by atoms with E-state index in [0.29, 0.717) is 16.6 Å². The van der Waals surface area contributed by atoms with Crippen LogP contribution in [-0.2, 0) is 34.9 Å². The second kappa shape index (κ2) is 6.82. The van der Waals surface area contributed by atoms with Crippen molar-refractivity contribution >= 4 is 21.0 Å². The highest BCUT2D eigenvalue weighted by atomic mass is 32.2. The van der Waals surface area contributed by atoms with E-state index in [1.807, 2.05) is 30.3 Å². The van der Waals surface area contributed by atoms with Gasteiger partial charge in [0.15, 0.2) is 0 Å². The molecule has 1 atom stereocenters. The molecule has 0 amide bonds. The van der Waals surface area contributed by atoms with E-state index in [-0.39, 0.29) is 6.54 Å². The fraction of sp³-hybridized carbons (Fsp3) is 0.333. The van der Waals surface area contributed by atoms with Crippen LogP contribution in [0.2, 0.25) is 0 Å². The summed E-state index contributed by atoms with van der Waals surface area (Å²) >= 11 is 0. The van der Waals surface area contributed by atoms with Crippen LogP contribution in [-0.4, -0.2) is 34.5 Å². The summed E-state index contributed by atoms with van der Waals surface area (Å²) in [5, 5.41) is 0.400. The molecule has 1 unspecified atom stereocenters. The van der Waals surface area contributed by atoms with E-state index in [4.69, 9.17) is 4.18 Å². The van der Waals surface area contributed by atoms with Crippen LogP contribution in [0.15, 0.2) is 46.1 Å². The molecule has 0 spiro atoms. The van der Waals surface area contributed by atoms with E-state index in [1.54, 1.807) is 24.7 Å². The van der Waals surface area contributed by atoms with Crippen LogP contribution in [0.4, 0.5) is 0 Å². The van der Waals surface area contributed by atoms with Gasteiger partial charge >= 0.3 is 5.69 Å². The Hall–Kier alpha value is -2.65. The molecule has 0 bridgehead atoms. The lowest BCUT2D eigenvalue weighted by Crippen LogP contribution is -2.36. The maximum absolute atomic E-state index is 12.8. The van der Waals surface area contributed by atoms with E-state index in [1.165, 1.54) is 11.6 Å². The molecule has 2 aromatic heterocycles. The SMILES string of the molecule is CC(Cn1cc2c(c1-c1ccccc1)c(=O)n(C)c(=O)n2C)OS(C)(=O)=O. The number of rotatable bonds is 5. The highest BCUT2D eigenvalue weighted by Crippen LogP contribution is 2.28. The second-order valence-electron chi connectivity index (χ2n) is 6.57. The van der Waals surface area contributed by atoms with Crippen LogP contribution in [0.25, 0.3) is 22.2 Å². The van der Waals surface area contributed by atoms with E-state index in [2.05, 4.69) is 0 Å². The van der Waals surface area contributed by atoms with Gasteiger partial charge in [-0.15, -0.1) is 0 Å². The first-order valence-electron chi connectivity index (χ1n) is 8.32. The fourth-order valence-corrected chi connectivity index (χ4v) is 3.90. The topological polar surface area (TPSA) is 92.3 Å². The van der Waals surface area contributed by atoms with Gasteiger partial charge in [0.1, 0.15) is 0 Å². The number of aryl methyl sites for hydroxylation is 1. The molecule has 27 heavy (non-hydrogen) atoms. The molecule has 2 heterocycles. The summed E-state index contributed by atoms with van der Waals surface area (Å²) in [6.07, 6.45) is 2.03. The highest BCUT2D eigenvalue weighted by molar-refractivity contribution is 7.86. The van der Waals surface area contributed by atoms with Crippen molar-refractivity contribution in [1.82, 2.24) is 13.7 Å². The van der Waals surface area contributed by atoms with Crippen molar-refractivity contribution in [3.05, 3.63) is 57.4 Å². The van der Waals surface area contributed by atoms with E-state index >= 15 is 0 Å². The van der Waals surface area contributed by atoms with Crippen LogP contribution in [0.1, 0.15) is 6.92 Å². The number of benzene rings is 1. The summed E-state index contributed by atoms with van der Waals surface area (Å²) in [7, 11) is -0.582. The summed E-state index contributed by atoms with van der Waals surface area (Å²) in [6, 6.07) is 9.28. The average molecular weight is 391 g/mol. The van der Waals surface area contributed by atoms with Gasteiger partial charge in [-0.2, -0.15) is 8.42 Å². The van der Waals surface area contributed by atoms with Gasteiger partial charge in [-0.25, -0.2) is 4.79 Å². The first-order valence-corrected chi connectivity index (χ1v) is 10.1. The molecule has 144 valence electrons. The molecule has 3 aromatic rings. The Morgan fingerprint density at radius 1 is 1.07 bits per heavy atom. The molecular weight excluding hydrogens is 370 g/mol. The Morgan fingerprint density at radius 3 is 2.30 bits per heavy atom. The zero-order valence-corrected chi connectivity index (χ0v) is 16.4. The lowest BCUT2D eigenvalue weighted by molar-refractivity contribution is 0.210. The fourth-order valence-electron chi connectivity index (χ4n) is 3.25. The maximum Gasteiger partial charge on any atom is 0.330 e. The molecule has 0 N–H and O–H groups in total. The molecule has 0 radical (unpaired) electrons. The van der Waals surface area contributed by atoms with Gasteiger partial charge in [-0.05, 0) is 12.5 Å². The van der Waals surface area contributed by atoms with Crippen LogP contribution in [0, 0.1) is 0 Å². The van der Waals surface area contributed by atoms with Crippen LogP contribution in [0.5, 0.6) is 0 Å². The zero-order valence-electron chi connectivity index (χ0n) is 15.5. The Bertz CT molecular complexity index is 1220. The molecule has 1 aromatic carbocycles. The standard InChI is InChI=1S/C18H21N3O5S/c1-12(26-27(4,24)25)10-21-11-14-15(16(21)13-8-6-5-7-9-13)17(22)20(3)18(23)19(14)2/h5-9,11-12H,10H2,1-4H3. The first kappa shape index (κ1) is 19.1. The number of aromatic nitrogens is 3. The summed E-state index contributed by atoms with van der Waals surface area (Å²) in [5.74, 6) is 0. The third-order valence-electron chi connectivity index (χ3n) is 4.35. The van der Waals surface area contributed by atoms with Gasteiger partial charge in [0.2, 0.25) is 0 Å². The third-order valence-corrected chi connectivity index (χ3v) is 5.03. The van der Waals surface area contributed by atoms with Crippen molar-refractivity contribution in [1.29, 1.82) is 0 Å². The van der Waals surface area contributed by atoms with Gasteiger partial charge in [0.25, 0.3) is 15.7 Å². The molecule has 0 aliphatic carbocycles. The molecule has 0 saturated heterocycles. The van der Waals surface area contributed by atoms with Gasteiger partial charge in [0, 0.05) is 20.3 Å². The average Bonchev–Trinajstić information content (AvgIpc) is 2.96. The summed E-state index contributed by atoms with van der Waals surface area (Å²) in [5.41, 5.74) is 1.06. The highest BCUT2D eigenvalue weighted by Gasteiger charge is 2.21. The summed E-state index contributed by atoms with van der Waals surface area (Å²) in [4.78, 5) is 25.1. The first-order chi connectivity index (χ1) is 12.6. The van der Waals surface area contributed by atoms with Gasteiger partial charge in [0.05, 0.1) is 35.5 Å². The minimum absolute atomic E-state index is 0.198. The van der Waals surface area contributed by atoms with Crippen molar-refractivity contribution in [3.8, 4) is 11.3 Å². The number of hydrogen-bond acceptors (Lipinski definition) is 5. The smallest absolute Gasteiger partial charge is 0.330 e. The predicted octanol–water partition coefficient (Wildman–Crippen LogP) is 1.07. The Labute approximate surface area is 156 Å². The molecule has 3 rings (SSSR count). The van der Waals surface area contributed by atoms with Crippen LogP contribution >= 0.6 is 0 Å². The van der Waals surface area contributed by atoms with E-state index < -0.39 is 27.5 Å². The van der Waals surface area contributed by atoms with Crippen molar-refractivity contribution in [2.45, 2.75) is 19.6 Å². The normalized spacial score (nSPS) is 13.2. The maximum atomic E-state index is 12.8. The Balaban J connectivity index is 2.30. The largest absolute Gasteiger partial charge is 0.342 e. The van der Waals surface area contributed by atoms with E-state index in [9.17, 15) is 18.0 Å². The van der Waals surface area contributed by atoms with Crippen molar-refractivity contribution < 1.29 is 12.6 Å². The molecule has 0 aliphatic heterocycles. The minimum atomic E-state index is -3.62. The summed E-state index contributed by atoms with van der Waals surface area (Å²) in [6.45, 7) is 1.83. The lowest BCUT2D eigenvalue weighted by Gasteiger charge is -2.15. The molecule has 0 aliphatic rings. The van der Waals surface area contributed by atoms with Crippen molar-refractivity contribution in [2.24, 2.45) is 14.1 Å². The van der Waals surface area contributed by atoms with Crippen molar-refractivity contribution in [3.63, 3.8) is 0 Å². The second-order valence-corrected chi connectivity index (χ2v) is 8.17. The van der Waals surface area contributed by atoms with Gasteiger partial charge in [-0.3, -0.25) is 18.1 Å². The third kappa shape index (κ3) is 3.60. The van der Waals surface area contributed by atoms with Gasteiger partial charge in [-0.1, -0.05) is 30.3 Å². The molecule has 0 saturated carbocycles. The summed E-state index contributed by atoms with van der Waals surface area (Å²) < 4.78 is 32.1. The minimum Gasteiger partial charge on any atom is -0.342 e. The zero-order chi connectivity index (χ0) is 19.9. The van der Waals surface area contributed by atoms with Crippen molar-refractivity contribution in [2.75, 3.05) is 6.26 Å². The predicted molar refractivity (Wildman–Crippen MR) is 103 cm³/mol. The molecule has 9 heteroatoms. The number of fused-ring (bicyclic) bond motifs is 1. The monoisotopic (exact) mass is 391 g/mol. The quantitative estimate of drug-likeness (QED) is 0.607. The van der Waals surface area contributed by atoms with Crippen LogP contribution in [0.3, 0.4) is 0 Å². The number of nitrogens with zero attached hydrogens (tertiary/aromatic N) is 3. The van der Waals surface area contributed by atoms with Crippen LogP contribution < -0.4 is 11.2 Å². The number of hydrogen-bond donors (Lipinski definition) is 0. The van der Waals surface area contributed by atoms with E-state index in [0.717, 1.165) is 16.4 Å². The van der Waals surface area contributed by atoms with Gasteiger partial charge < -0.3 is 4.57 Å². The molecule has 0 fully saturated rings. The Morgan fingerprint density at radius 2 is 1.70 bits per heavy atom. The molecular formula is C18H21N3O5S. The lowest BCUT2D eigenvalue weighted by atomic mass is 10.1. The molecule has 8 nitrogen and oxygen atoms in total. The Kier molecular flexibility index (Phi) is 4.83.